The number of nitrogens with zero attached hydrogens (tertiary/aromatic N) is 1. The Hall–Kier alpha value is -1.43. The molecule has 1 heterocycles. The first-order chi connectivity index (χ1) is 9.06. The lowest BCUT2D eigenvalue weighted by Crippen LogP contribution is -2.26. The van der Waals surface area contributed by atoms with Gasteiger partial charge in [-0.05, 0) is 24.7 Å². The van der Waals surface area contributed by atoms with Crippen LogP contribution in [0.2, 0.25) is 0 Å². The number of pyridine rings is 1. The summed E-state index contributed by atoms with van der Waals surface area (Å²) in [4.78, 5) is 3.84. The number of rotatable bonds is 4. The summed E-state index contributed by atoms with van der Waals surface area (Å²) in [5, 5.41) is 3.08. The van der Waals surface area contributed by atoms with Crippen LogP contribution in [0.25, 0.3) is 0 Å². The molecule has 0 bridgehead atoms. The van der Waals surface area contributed by atoms with Crippen molar-refractivity contribution in [2.45, 2.75) is 39.2 Å². The lowest BCUT2D eigenvalue weighted by atomic mass is 9.93. The van der Waals surface area contributed by atoms with Crippen molar-refractivity contribution in [3.63, 3.8) is 0 Å². The Balaban J connectivity index is 2.15. The number of anilines is 2. The first-order valence-corrected chi connectivity index (χ1v) is 6.66. The summed E-state index contributed by atoms with van der Waals surface area (Å²) in [5.74, 6) is 4.66. The molecular weight excluding hydrogens is 250 g/mol. The first-order valence-electron chi connectivity index (χ1n) is 6.66. The van der Waals surface area contributed by atoms with Crippen LogP contribution in [0.3, 0.4) is 0 Å². The molecule has 3 atom stereocenters. The van der Waals surface area contributed by atoms with Gasteiger partial charge >= 0.3 is 0 Å². The van der Waals surface area contributed by atoms with Gasteiger partial charge in [0.15, 0.2) is 23.3 Å². The van der Waals surface area contributed by atoms with Crippen LogP contribution in [0.15, 0.2) is 6.07 Å². The number of hydrazine groups is 1. The Morgan fingerprint density at radius 1 is 1.32 bits per heavy atom. The molecule has 0 spiro atoms. The molecule has 0 amide bonds. The van der Waals surface area contributed by atoms with Gasteiger partial charge in [-0.3, -0.25) is 0 Å². The van der Waals surface area contributed by atoms with Crippen molar-refractivity contribution in [1.82, 2.24) is 4.98 Å². The van der Waals surface area contributed by atoms with E-state index in [0.29, 0.717) is 11.8 Å². The van der Waals surface area contributed by atoms with E-state index in [9.17, 15) is 8.78 Å². The van der Waals surface area contributed by atoms with Crippen LogP contribution in [-0.2, 0) is 0 Å². The largest absolute Gasteiger partial charge is 0.365 e. The van der Waals surface area contributed by atoms with E-state index in [2.05, 4.69) is 29.6 Å². The van der Waals surface area contributed by atoms with Gasteiger partial charge in [0.05, 0.1) is 0 Å². The fourth-order valence-corrected chi connectivity index (χ4v) is 2.87. The summed E-state index contributed by atoms with van der Waals surface area (Å²) in [7, 11) is 0. The highest BCUT2D eigenvalue weighted by Gasteiger charge is 2.32. The van der Waals surface area contributed by atoms with E-state index in [-0.39, 0.29) is 17.7 Å². The lowest BCUT2D eigenvalue weighted by molar-refractivity contribution is 0.391. The number of hydrogen-bond donors (Lipinski definition) is 3. The zero-order valence-corrected chi connectivity index (χ0v) is 11.2. The second-order valence-electron chi connectivity index (χ2n) is 5.15. The zero-order valence-electron chi connectivity index (χ0n) is 11.2. The van der Waals surface area contributed by atoms with E-state index >= 15 is 0 Å². The summed E-state index contributed by atoms with van der Waals surface area (Å²) in [6, 6.07) is 0.963. The predicted octanol–water partition coefficient (Wildman–Crippen LogP) is 2.88. The first kappa shape index (κ1) is 14.0. The van der Waals surface area contributed by atoms with Gasteiger partial charge in [-0.1, -0.05) is 20.3 Å². The van der Waals surface area contributed by atoms with Gasteiger partial charge < -0.3 is 10.7 Å². The van der Waals surface area contributed by atoms with Crippen molar-refractivity contribution in [2.24, 2.45) is 17.7 Å². The Labute approximate surface area is 111 Å². The fourth-order valence-electron chi connectivity index (χ4n) is 2.87. The molecule has 1 aliphatic carbocycles. The Kier molecular flexibility index (Phi) is 4.19. The van der Waals surface area contributed by atoms with E-state index in [1.54, 1.807) is 0 Å². The van der Waals surface area contributed by atoms with Crippen molar-refractivity contribution >= 4 is 11.6 Å². The maximum atomic E-state index is 13.7. The van der Waals surface area contributed by atoms with E-state index in [0.717, 1.165) is 25.3 Å². The van der Waals surface area contributed by atoms with Crippen LogP contribution in [-0.4, -0.2) is 11.0 Å². The molecule has 0 saturated heterocycles. The van der Waals surface area contributed by atoms with Crippen molar-refractivity contribution in [3.05, 3.63) is 17.7 Å². The molecule has 19 heavy (non-hydrogen) atoms. The van der Waals surface area contributed by atoms with Crippen molar-refractivity contribution < 1.29 is 8.78 Å². The molecule has 4 N–H and O–H groups in total. The third-order valence-corrected chi connectivity index (χ3v) is 4.14. The maximum absolute atomic E-state index is 13.7. The minimum absolute atomic E-state index is 0.0583. The van der Waals surface area contributed by atoms with Gasteiger partial charge in [-0.15, -0.1) is 0 Å². The molecule has 6 heteroatoms. The monoisotopic (exact) mass is 270 g/mol. The minimum Gasteiger partial charge on any atom is -0.365 e. The molecule has 1 saturated carbocycles. The van der Waals surface area contributed by atoms with Gasteiger partial charge in [0.25, 0.3) is 0 Å². The second-order valence-corrected chi connectivity index (χ2v) is 5.15. The van der Waals surface area contributed by atoms with Crippen LogP contribution in [0.5, 0.6) is 0 Å². The molecule has 1 aliphatic rings. The third-order valence-electron chi connectivity index (χ3n) is 4.14. The topological polar surface area (TPSA) is 63.0 Å². The van der Waals surface area contributed by atoms with Gasteiger partial charge in [0.2, 0.25) is 0 Å². The summed E-state index contributed by atoms with van der Waals surface area (Å²) < 4.78 is 27.0. The van der Waals surface area contributed by atoms with E-state index in [1.807, 2.05) is 0 Å². The number of nitrogen functional groups attached to an aromatic ring is 1. The van der Waals surface area contributed by atoms with E-state index < -0.39 is 11.6 Å². The number of halogens is 2. The smallest absolute Gasteiger partial charge is 0.178 e. The molecular formula is C13H20F2N4. The standard InChI is InChI=1S/C13H20F2N4/c1-3-8-4-5-11(7(8)2)17-12-9(14)6-10(15)13(18-12)19-16/h6-8,11H,3-5,16H2,1-2H3,(H2,17,18,19). The molecule has 2 rings (SSSR count). The van der Waals surface area contributed by atoms with Crippen molar-refractivity contribution in [3.8, 4) is 0 Å². The van der Waals surface area contributed by atoms with Crippen molar-refractivity contribution in [2.75, 3.05) is 10.7 Å². The number of hydrogen-bond acceptors (Lipinski definition) is 4. The number of nitrogens with one attached hydrogen (secondary N) is 2. The Morgan fingerprint density at radius 2 is 2.00 bits per heavy atom. The molecule has 1 aromatic heterocycles. The van der Waals surface area contributed by atoms with Gasteiger partial charge in [0.1, 0.15) is 0 Å². The van der Waals surface area contributed by atoms with Crippen LogP contribution in [0.4, 0.5) is 20.4 Å². The second kappa shape index (κ2) is 5.69. The van der Waals surface area contributed by atoms with Crippen molar-refractivity contribution in [1.29, 1.82) is 0 Å². The van der Waals surface area contributed by atoms with Crippen LogP contribution >= 0.6 is 0 Å². The highest BCUT2D eigenvalue weighted by Crippen LogP contribution is 2.36. The average Bonchev–Trinajstić information content (AvgIpc) is 2.73. The molecule has 0 radical (unpaired) electrons. The Morgan fingerprint density at radius 3 is 2.58 bits per heavy atom. The van der Waals surface area contributed by atoms with E-state index in [1.165, 1.54) is 0 Å². The normalized spacial score (nSPS) is 26.5. The third kappa shape index (κ3) is 2.78. The highest BCUT2D eigenvalue weighted by molar-refractivity contribution is 5.47. The minimum atomic E-state index is -0.795. The average molecular weight is 270 g/mol. The quantitative estimate of drug-likeness (QED) is 0.581. The molecule has 1 aromatic rings. The molecule has 0 aromatic carbocycles. The summed E-state index contributed by atoms with van der Waals surface area (Å²) >= 11 is 0. The molecule has 4 nitrogen and oxygen atoms in total. The van der Waals surface area contributed by atoms with Crippen LogP contribution in [0.1, 0.15) is 33.1 Å². The number of aromatic nitrogens is 1. The summed E-state index contributed by atoms with van der Waals surface area (Å²) in [6.07, 6.45) is 3.22. The van der Waals surface area contributed by atoms with Crippen LogP contribution in [0, 0.1) is 23.5 Å². The Bertz CT molecular complexity index is 453. The molecule has 106 valence electrons. The SMILES string of the molecule is CCC1CCC(Nc2nc(NN)c(F)cc2F)C1C. The molecule has 0 aliphatic heterocycles. The summed E-state index contributed by atoms with van der Waals surface area (Å²) in [6.45, 7) is 4.32. The zero-order chi connectivity index (χ0) is 14.0. The predicted molar refractivity (Wildman–Crippen MR) is 71.6 cm³/mol. The van der Waals surface area contributed by atoms with Crippen LogP contribution < -0.4 is 16.6 Å². The van der Waals surface area contributed by atoms with Gasteiger partial charge in [-0.25, -0.2) is 19.6 Å². The molecule has 3 unspecified atom stereocenters. The summed E-state index contributed by atoms with van der Waals surface area (Å²) in [5.41, 5.74) is 2.13. The van der Waals surface area contributed by atoms with E-state index in [4.69, 9.17) is 5.84 Å². The highest BCUT2D eigenvalue weighted by atomic mass is 19.1. The van der Waals surface area contributed by atoms with Gasteiger partial charge in [-0.2, -0.15) is 0 Å². The molecule has 1 fully saturated rings. The fraction of sp³-hybridized carbons (Fsp3) is 0.615. The number of nitrogens with two attached hydrogens (primary N) is 1. The lowest BCUT2D eigenvalue weighted by Gasteiger charge is -2.22. The van der Waals surface area contributed by atoms with Gasteiger partial charge in [0, 0.05) is 12.1 Å². The maximum Gasteiger partial charge on any atom is 0.178 e.